The van der Waals surface area contributed by atoms with Gasteiger partial charge in [-0.25, -0.2) is 4.39 Å². The van der Waals surface area contributed by atoms with E-state index in [4.69, 9.17) is 9.52 Å². The van der Waals surface area contributed by atoms with E-state index in [2.05, 4.69) is 20.8 Å². The lowest BCUT2D eigenvalue weighted by atomic mass is 9.96. The number of hydrogen-bond donors (Lipinski definition) is 2. The first-order chi connectivity index (χ1) is 12.1. The Morgan fingerprint density at radius 3 is 2.84 bits per heavy atom. The SMILES string of the molecule is CCNC(=NCC1(c2cccc(F)c2)CC1)NCCc1nc(C)no1. The number of guanidine groups is 1. The van der Waals surface area contributed by atoms with Crippen LogP contribution in [0.15, 0.2) is 33.8 Å². The molecular weight excluding hydrogens is 321 g/mol. The average Bonchev–Trinajstić information content (AvgIpc) is 3.28. The Balaban J connectivity index is 1.58. The summed E-state index contributed by atoms with van der Waals surface area (Å²) >= 11 is 0. The molecule has 0 unspecified atom stereocenters. The van der Waals surface area contributed by atoms with Crippen molar-refractivity contribution in [2.45, 2.75) is 38.5 Å². The summed E-state index contributed by atoms with van der Waals surface area (Å²) in [5.74, 6) is 1.81. The first-order valence-corrected chi connectivity index (χ1v) is 8.69. The molecular formula is C18H24FN5O. The number of aryl methyl sites for hydroxylation is 1. The number of nitrogens with one attached hydrogen (secondary N) is 2. The highest BCUT2D eigenvalue weighted by molar-refractivity contribution is 5.79. The van der Waals surface area contributed by atoms with Crippen molar-refractivity contribution >= 4 is 5.96 Å². The minimum absolute atomic E-state index is 0.0198. The van der Waals surface area contributed by atoms with E-state index in [9.17, 15) is 4.39 Å². The average molecular weight is 345 g/mol. The maximum atomic E-state index is 13.5. The molecule has 0 bridgehead atoms. The van der Waals surface area contributed by atoms with Gasteiger partial charge in [-0.1, -0.05) is 17.3 Å². The van der Waals surface area contributed by atoms with E-state index in [1.54, 1.807) is 19.1 Å². The molecule has 7 heteroatoms. The van der Waals surface area contributed by atoms with Gasteiger partial charge in [0.2, 0.25) is 5.89 Å². The first kappa shape index (κ1) is 17.4. The normalized spacial score (nSPS) is 15.9. The van der Waals surface area contributed by atoms with Crippen molar-refractivity contribution in [2.75, 3.05) is 19.6 Å². The molecule has 1 aliphatic rings. The summed E-state index contributed by atoms with van der Waals surface area (Å²) < 4.78 is 18.6. The van der Waals surface area contributed by atoms with Crippen molar-refractivity contribution in [3.63, 3.8) is 0 Å². The van der Waals surface area contributed by atoms with Crippen LogP contribution in [-0.4, -0.2) is 35.7 Å². The second-order valence-corrected chi connectivity index (χ2v) is 6.40. The van der Waals surface area contributed by atoms with Gasteiger partial charge in [0.15, 0.2) is 11.8 Å². The smallest absolute Gasteiger partial charge is 0.228 e. The molecule has 0 atom stereocenters. The number of hydrogen-bond acceptors (Lipinski definition) is 4. The molecule has 3 rings (SSSR count). The minimum atomic E-state index is -0.187. The molecule has 2 N–H and O–H groups in total. The molecule has 0 spiro atoms. The van der Waals surface area contributed by atoms with Gasteiger partial charge in [0, 0.05) is 24.9 Å². The molecule has 6 nitrogen and oxygen atoms in total. The zero-order valence-electron chi connectivity index (χ0n) is 14.7. The molecule has 1 fully saturated rings. The van der Waals surface area contributed by atoms with Crippen LogP contribution in [0.4, 0.5) is 4.39 Å². The van der Waals surface area contributed by atoms with Crippen molar-refractivity contribution in [1.82, 2.24) is 20.8 Å². The van der Waals surface area contributed by atoms with E-state index in [0.717, 1.165) is 30.9 Å². The summed E-state index contributed by atoms with van der Waals surface area (Å²) in [5.41, 5.74) is 1.02. The highest BCUT2D eigenvalue weighted by atomic mass is 19.1. The Bertz CT molecular complexity index is 739. The summed E-state index contributed by atoms with van der Waals surface area (Å²) in [4.78, 5) is 8.88. The van der Waals surface area contributed by atoms with E-state index in [-0.39, 0.29) is 11.2 Å². The third-order valence-electron chi connectivity index (χ3n) is 4.38. The maximum absolute atomic E-state index is 13.5. The monoisotopic (exact) mass is 345 g/mol. The second-order valence-electron chi connectivity index (χ2n) is 6.40. The van der Waals surface area contributed by atoms with Crippen molar-refractivity contribution in [1.29, 1.82) is 0 Å². The van der Waals surface area contributed by atoms with Gasteiger partial charge in [-0.05, 0) is 44.4 Å². The summed E-state index contributed by atoms with van der Waals surface area (Å²) in [5, 5.41) is 10.3. The van der Waals surface area contributed by atoms with Gasteiger partial charge in [-0.2, -0.15) is 4.98 Å². The van der Waals surface area contributed by atoms with Gasteiger partial charge in [0.25, 0.3) is 0 Å². The molecule has 0 aliphatic heterocycles. The van der Waals surface area contributed by atoms with Crippen LogP contribution in [-0.2, 0) is 11.8 Å². The van der Waals surface area contributed by atoms with Crippen LogP contribution in [0.2, 0.25) is 0 Å². The van der Waals surface area contributed by atoms with Gasteiger partial charge in [-0.3, -0.25) is 4.99 Å². The van der Waals surface area contributed by atoms with Gasteiger partial charge in [0.1, 0.15) is 5.82 Å². The Kier molecular flexibility index (Phi) is 5.31. The molecule has 0 amide bonds. The molecule has 1 aromatic heterocycles. The minimum Gasteiger partial charge on any atom is -0.357 e. The van der Waals surface area contributed by atoms with Crippen LogP contribution in [0.25, 0.3) is 0 Å². The third-order valence-corrected chi connectivity index (χ3v) is 4.38. The van der Waals surface area contributed by atoms with Gasteiger partial charge in [0.05, 0.1) is 6.54 Å². The lowest BCUT2D eigenvalue weighted by Gasteiger charge is -2.16. The molecule has 2 aromatic rings. The number of rotatable bonds is 7. The molecule has 0 saturated heterocycles. The van der Waals surface area contributed by atoms with Crippen molar-refractivity contribution in [2.24, 2.45) is 4.99 Å². The van der Waals surface area contributed by atoms with Crippen LogP contribution in [0, 0.1) is 12.7 Å². The fourth-order valence-electron chi connectivity index (χ4n) is 2.81. The summed E-state index contributed by atoms with van der Waals surface area (Å²) in [6.45, 7) is 5.90. The molecule has 1 saturated carbocycles. The quantitative estimate of drug-likeness (QED) is 0.595. The predicted octanol–water partition coefficient (Wildman–Crippen LogP) is 2.35. The zero-order valence-corrected chi connectivity index (χ0v) is 14.7. The second kappa shape index (κ2) is 7.63. The third kappa shape index (κ3) is 4.55. The molecule has 134 valence electrons. The number of aromatic nitrogens is 2. The van der Waals surface area contributed by atoms with E-state index in [1.165, 1.54) is 6.07 Å². The number of aliphatic imine (C=N–C) groups is 1. The van der Waals surface area contributed by atoms with Crippen LogP contribution in [0.1, 0.15) is 37.0 Å². The van der Waals surface area contributed by atoms with Crippen molar-refractivity contribution in [3.05, 3.63) is 47.4 Å². The summed E-state index contributed by atoms with van der Waals surface area (Å²) in [6.07, 6.45) is 2.72. The Morgan fingerprint density at radius 1 is 1.36 bits per heavy atom. The molecule has 1 aromatic carbocycles. The topological polar surface area (TPSA) is 75.3 Å². The highest BCUT2D eigenvalue weighted by Crippen LogP contribution is 2.48. The predicted molar refractivity (Wildman–Crippen MR) is 94.0 cm³/mol. The standard InChI is InChI=1S/C18H24FN5O/c1-3-20-17(21-10-7-16-23-13(2)24-25-16)22-12-18(8-9-18)14-5-4-6-15(19)11-14/h4-6,11H,3,7-10,12H2,1-2H3,(H2,20,21,22). The van der Waals surface area contributed by atoms with E-state index in [0.29, 0.717) is 31.2 Å². The zero-order chi connectivity index (χ0) is 17.7. The largest absolute Gasteiger partial charge is 0.357 e. The molecule has 0 radical (unpaired) electrons. The number of benzene rings is 1. The summed E-state index contributed by atoms with van der Waals surface area (Å²) in [7, 11) is 0. The Hall–Kier alpha value is -2.44. The van der Waals surface area contributed by atoms with Crippen LogP contribution in [0.5, 0.6) is 0 Å². The fraction of sp³-hybridized carbons (Fsp3) is 0.500. The molecule has 1 heterocycles. The van der Waals surface area contributed by atoms with Crippen LogP contribution >= 0.6 is 0 Å². The fourth-order valence-corrected chi connectivity index (χ4v) is 2.81. The van der Waals surface area contributed by atoms with Gasteiger partial charge < -0.3 is 15.2 Å². The Labute approximate surface area is 146 Å². The lowest BCUT2D eigenvalue weighted by molar-refractivity contribution is 0.374. The van der Waals surface area contributed by atoms with Crippen LogP contribution in [0.3, 0.4) is 0 Å². The van der Waals surface area contributed by atoms with Crippen molar-refractivity contribution in [3.8, 4) is 0 Å². The Morgan fingerprint density at radius 2 is 2.20 bits per heavy atom. The molecule has 25 heavy (non-hydrogen) atoms. The number of halogens is 1. The molecule has 1 aliphatic carbocycles. The van der Waals surface area contributed by atoms with Gasteiger partial charge >= 0.3 is 0 Å². The maximum Gasteiger partial charge on any atom is 0.228 e. The lowest BCUT2D eigenvalue weighted by Crippen LogP contribution is -2.39. The van der Waals surface area contributed by atoms with Gasteiger partial charge in [-0.15, -0.1) is 0 Å². The van der Waals surface area contributed by atoms with Crippen LogP contribution < -0.4 is 10.6 Å². The van der Waals surface area contributed by atoms with Crippen molar-refractivity contribution < 1.29 is 8.91 Å². The van der Waals surface area contributed by atoms with E-state index >= 15 is 0 Å². The first-order valence-electron chi connectivity index (χ1n) is 8.69. The summed E-state index contributed by atoms with van der Waals surface area (Å²) in [6, 6.07) is 6.86. The number of nitrogens with zero attached hydrogens (tertiary/aromatic N) is 3. The highest BCUT2D eigenvalue weighted by Gasteiger charge is 2.44. The van der Waals surface area contributed by atoms with E-state index < -0.39 is 0 Å². The van der Waals surface area contributed by atoms with E-state index in [1.807, 2.05) is 13.0 Å².